The number of hydrogen-bond donors (Lipinski definition) is 0. The molecule has 4 nitrogen and oxygen atoms in total. The van der Waals surface area contributed by atoms with E-state index in [1.807, 2.05) is 27.7 Å². The van der Waals surface area contributed by atoms with Crippen LogP contribution in [0.15, 0.2) is 23.4 Å². The molecule has 114 valence electrons. The highest BCUT2D eigenvalue weighted by atomic mass is 32.2. The van der Waals surface area contributed by atoms with E-state index in [1.54, 1.807) is 0 Å². The minimum Gasteiger partial charge on any atom is -0.241 e. The summed E-state index contributed by atoms with van der Waals surface area (Å²) in [4.78, 5) is 3.72. The lowest BCUT2D eigenvalue weighted by molar-refractivity contribution is 0.275. The summed E-state index contributed by atoms with van der Waals surface area (Å²) in [6, 6.07) is 2.38. The molecule has 0 N–H and O–H groups in total. The largest absolute Gasteiger partial charge is 0.263 e. The topological polar surface area (TPSA) is 50.3 Å². The zero-order chi connectivity index (χ0) is 15.3. The molecule has 0 aromatic carbocycles. The number of nitrogens with zero attached hydrogens (tertiary/aromatic N) is 2. The van der Waals surface area contributed by atoms with Crippen molar-refractivity contribution in [3.05, 3.63) is 24.1 Å². The minimum absolute atomic E-state index is 0.135. The zero-order valence-electron chi connectivity index (χ0n) is 12.5. The molecule has 6 heteroatoms. The van der Waals surface area contributed by atoms with Crippen LogP contribution in [0, 0.1) is 11.7 Å². The summed E-state index contributed by atoms with van der Waals surface area (Å²) in [5, 5.41) is -0.479. The fourth-order valence-electron chi connectivity index (χ4n) is 2.17. The van der Waals surface area contributed by atoms with Crippen molar-refractivity contribution < 1.29 is 12.8 Å². The highest BCUT2D eigenvalue weighted by Gasteiger charge is 2.33. The van der Waals surface area contributed by atoms with Crippen molar-refractivity contribution in [3.8, 4) is 0 Å². The smallest absolute Gasteiger partial charge is 0.241 e. The molecule has 1 heterocycles. The first kappa shape index (κ1) is 17.0. The predicted octanol–water partition coefficient (Wildman–Crippen LogP) is 3.06. The Bertz CT molecular complexity index is 528. The van der Waals surface area contributed by atoms with Crippen molar-refractivity contribution in [2.24, 2.45) is 5.92 Å². The van der Waals surface area contributed by atoms with Gasteiger partial charge in [0, 0.05) is 18.8 Å². The van der Waals surface area contributed by atoms with E-state index in [0.717, 1.165) is 6.07 Å². The Morgan fingerprint density at radius 3 is 2.35 bits per heavy atom. The van der Waals surface area contributed by atoms with Crippen LogP contribution in [0.3, 0.4) is 0 Å². The molecule has 0 bridgehead atoms. The van der Waals surface area contributed by atoms with Gasteiger partial charge in [-0.25, -0.2) is 17.8 Å². The van der Waals surface area contributed by atoms with E-state index in [1.165, 1.54) is 16.6 Å². The standard InChI is InChI=1S/C14H23FN2O2S/c1-5-12(6-2)17(10-11(3)4)20(18,19)14-13(15)8-7-9-16-14/h7-9,11-12H,5-6,10H2,1-4H3. The van der Waals surface area contributed by atoms with Crippen LogP contribution < -0.4 is 0 Å². The lowest BCUT2D eigenvalue weighted by atomic mass is 10.1. The minimum atomic E-state index is -3.90. The van der Waals surface area contributed by atoms with Gasteiger partial charge in [0.1, 0.15) is 0 Å². The predicted molar refractivity (Wildman–Crippen MR) is 77.3 cm³/mol. The Hall–Kier alpha value is -1.01. The summed E-state index contributed by atoms with van der Waals surface area (Å²) in [7, 11) is -3.90. The van der Waals surface area contributed by atoms with Gasteiger partial charge in [0.25, 0.3) is 10.0 Å². The lowest BCUT2D eigenvalue weighted by Crippen LogP contribution is -2.42. The SMILES string of the molecule is CCC(CC)N(CC(C)C)S(=O)(=O)c1ncccc1F. The number of pyridine rings is 1. The van der Waals surface area contributed by atoms with Crippen LogP contribution in [0.1, 0.15) is 40.5 Å². The summed E-state index contributed by atoms with van der Waals surface area (Å²) in [6.07, 6.45) is 2.68. The fraction of sp³-hybridized carbons (Fsp3) is 0.643. The third kappa shape index (κ3) is 3.76. The molecular weight excluding hydrogens is 279 g/mol. The second-order valence-corrected chi connectivity index (χ2v) is 7.04. The van der Waals surface area contributed by atoms with Crippen LogP contribution in [-0.2, 0) is 10.0 Å². The van der Waals surface area contributed by atoms with E-state index >= 15 is 0 Å². The molecule has 0 saturated heterocycles. The van der Waals surface area contributed by atoms with Gasteiger partial charge in [0.15, 0.2) is 5.82 Å². The van der Waals surface area contributed by atoms with E-state index in [0.29, 0.717) is 19.4 Å². The molecule has 1 rings (SSSR count). The first-order valence-electron chi connectivity index (χ1n) is 6.96. The molecule has 0 amide bonds. The molecule has 0 aliphatic heterocycles. The highest BCUT2D eigenvalue weighted by molar-refractivity contribution is 7.89. The second kappa shape index (κ2) is 7.13. The van der Waals surface area contributed by atoms with Gasteiger partial charge in [-0.1, -0.05) is 27.7 Å². The van der Waals surface area contributed by atoms with E-state index in [9.17, 15) is 12.8 Å². The Morgan fingerprint density at radius 2 is 1.90 bits per heavy atom. The summed E-state index contributed by atoms with van der Waals surface area (Å²) in [6.45, 7) is 8.13. The van der Waals surface area contributed by atoms with Crippen LogP contribution in [0.25, 0.3) is 0 Å². The number of halogens is 1. The van der Waals surface area contributed by atoms with Gasteiger partial charge < -0.3 is 0 Å². The van der Waals surface area contributed by atoms with Gasteiger partial charge >= 0.3 is 0 Å². The highest BCUT2D eigenvalue weighted by Crippen LogP contribution is 2.23. The average Bonchev–Trinajstić information content (AvgIpc) is 2.38. The average molecular weight is 302 g/mol. The molecule has 0 radical (unpaired) electrons. The molecule has 20 heavy (non-hydrogen) atoms. The van der Waals surface area contributed by atoms with Gasteiger partial charge in [-0.2, -0.15) is 4.31 Å². The van der Waals surface area contributed by atoms with Crippen molar-refractivity contribution in [1.82, 2.24) is 9.29 Å². The van der Waals surface area contributed by atoms with Crippen LogP contribution >= 0.6 is 0 Å². The van der Waals surface area contributed by atoms with Crippen LogP contribution in [0.2, 0.25) is 0 Å². The van der Waals surface area contributed by atoms with Crippen molar-refractivity contribution >= 4 is 10.0 Å². The van der Waals surface area contributed by atoms with Crippen molar-refractivity contribution in [3.63, 3.8) is 0 Å². The molecule has 0 spiro atoms. The van der Waals surface area contributed by atoms with Crippen LogP contribution in [0.5, 0.6) is 0 Å². The fourth-order valence-corrected chi connectivity index (χ4v) is 4.09. The molecular formula is C14H23FN2O2S. The van der Waals surface area contributed by atoms with E-state index in [4.69, 9.17) is 0 Å². The molecule has 0 aliphatic carbocycles. The van der Waals surface area contributed by atoms with Crippen LogP contribution in [-0.4, -0.2) is 30.3 Å². The summed E-state index contributed by atoms with van der Waals surface area (Å²) in [5.74, 6) is -0.635. The molecule has 0 atom stereocenters. The molecule has 0 fully saturated rings. The van der Waals surface area contributed by atoms with E-state index in [-0.39, 0.29) is 12.0 Å². The summed E-state index contributed by atoms with van der Waals surface area (Å²) < 4.78 is 40.5. The summed E-state index contributed by atoms with van der Waals surface area (Å²) in [5.41, 5.74) is 0. The zero-order valence-corrected chi connectivity index (χ0v) is 13.3. The molecule has 0 aliphatic rings. The Kier molecular flexibility index (Phi) is 6.07. The monoisotopic (exact) mass is 302 g/mol. The summed E-state index contributed by atoms with van der Waals surface area (Å²) >= 11 is 0. The number of sulfonamides is 1. The number of hydrogen-bond acceptors (Lipinski definition) is 3. The normalized spacial score (nSPS) is 12.6. The van der Waals surface area contributed by atoms with Crippen LogP contribution in [0.4, 0.5) is 4.39 Å². The van der Waals surface area contributed by atoms with Gasteiger partial charge in [0.2, 0.25) is 5.03 Å². The molecule has 0 unspecified atom stereocenters. The molecule has 1 aromatic rings. The first-order chi connectivity index (χ1) is 9.34. The molecule has 0 saturated carbocycles. The second-order valence-electron chi connectivity index (χ2n) is 5.23. The van der Waals surface area contributed by atoms with Gasteiger partial charge in [-0.05, 0) is 30.9 Å². The van der Waals surface area contributed by atoms with E-state index < -0.39 is 20.9 Å². The van der Waals surface area contributed by atoms with Gasteiger partial charge in [-0.15, -0.1) is 0 Å². The first-order valence-corrected chi connectivity index (χ1v) is 8.40. The maximum atomic E-state index is 13.8. The maximum Gasteiger partial charge on any atom is 0.263 e. The number of aromatic nitrogens is 1. The van der Waals surface area contributed by atoms with Crippen molar-refractivity contribution in [1.29, 1.82) is 0 Å². The number of rotatable bonds is 7. The Labute approximate surface area is 121 Å². The Morgan fingerprint density at radius 1 is 1.30 bits per heavy atom. The lowest BCUT2D eigenvalue weighted by Gasteiger charge is -2.30. The third-order valence-electron chi connectivity index (χ3n) is 3.17. The Balaban J connectivity index is 3.27. The van der Waals surface area contributed by atoms with Crippen molar-refractivity contribution in [2.45, 2.75) is 51.6 Å². The van der Waals surface area contributed by atoms with Gasteiger partial charge in [0.05, 0.1) is 0 Å². The molecule has 1 aromatic heterocycles. The van der Waals surface area contributed by atoms with Crippen molar-refractivity contribution in [2.75, 3.05) is 6.54 Å². The quantitative estimate of drug-likeness (QED) is 0.778. The van der Waals surface area contributed by atoms with Gasteiger partial charge in [-0.3, -0.25) is 0 Å². The van der Waals surface area contributed by atoms with E-state index in [2.05, 4.69) is 4.98 Å². The maximum absolute atomic E-state index is 13.8. The third-order valence-corrected chi connectivity index (χ3v) is 5.03.